The first kappa shape index (κ1) is 21.3. The second-order valence-corrected chi connectivity index (χ2v) is 8.94. The van der Waals surface area contributed by atoms with Gasteiger partial charge in [-0.1, -0.05) is 18.9 Å². The van der Waals surface area contributed by atoms with Crippen LogP contribution in [0.2, 0.25) is 0 Å². The zero-order chi connectivity index (χ0) is 22.1. The molecule has 0 spiro atoms. The lowest BCUT2D eigenvalue weighted by Gasteiger charge is -2.42. The van der Waals surface area contributed by atoms with Crippen molar-refractivity contribution in [2.75, 3.05) is 32.9 Å². The molecule has 2 aromatic carbocycles. The van der Waals surface area contributed by atoms with E-state index in [1.54, 1.807) is 7.11 Å². The fourth-order valence-electron chi connectivity index (χ4n) is 5.00. The molecule has 0 saturated heterocycles. The number of hydrogen-bond donors (Lipinski definition) is 0. The molecule has 0 fully saturated rings. The summed E-state index contributed by atoms with van der Waals surface area (Å²) in [6.45, 7) is 4.20. The van der Waals surface area contributed by atoms with Crippen LogP contribution in [-0.4, -0.2) is 37.8 Å². The summed E-state index contributed by atoms with van der Waals surface area (Å²) in [5.41, 5.74) is 6.18. The summed E-state index contributed by atoms with van der Waals surface area (Å²) in [7, 11) is 1.71. The maximum absolute atomic E-state index is 6.34. The molecule has 0 saturated carbocycles. The highest BCUT2D eigenvalue weighted by molar-refractivity contribution is 6.17. The molecule has 3 heterocycles. The predicted molar refractivity (Wildman–Crippen MR) is 127 cm³/mol. The Hall–Kier alpha value is -2.53. The number of benzene rings is 2. The van der Waals surface area contributed by atoms with E-state index in [0.717, 1.165) is 67.5 Å². The Kier molecular flexibility index (Phi) is 6.09. The van der Waals surface area contributed by atoms with Crippen molar-refractivity contribution in [2.24, 2.45) is 0 Å². The summed E-state index contributed by atoms with van der Waals surface area (Å²) >= 11 is 5.79. The number of unbranched alkanes of at least 4 members (excludes halogenated alkanes) is 3. The van der Waals surface area contributed by atoms with E-state index in [9.17, 15) is 0 Å². The van der Waals surface area contributed by atoms with E-state index in [1.807, 2.05) is 6.07 Å². The van der Waals surface area contributed by atoms with E-state index >= 15 is 0 Å². The Morgan fingerprint density at radius 1 is 1.09 bits per heavy atom. The van der Waals surface area contributed by atoms with E-state index < -0.39 is 0 Å². The van der Waals surface area contributed by atoms with Crippen molar-refractivity contribution >= 4 is 23.4 Å². The van der Waals surface area contributed by atoms with Gasteiger partial charge in [-0.2, -0.15) is 0 Å². The molecule has 3 aliphatic heterocycles. The van der Waals surface area contributed by atoms with Crippen LogP contribution in [0.15, 0.2) is 24.3 Å². The van der Waals surface area contributed by atoms with E-state index in [4.69, 9.17) is 30.5 Å². The van der Waals surface area contributed by atoms with Crippen LogP contribution in [0.4, 0.5) is 0 Å². The molecule has 1 atom stereocenters. The van der Waals surface area contributed by atoms with E-state index in [2.05, 4.69) is 36.1 Å². The number of nitrogens with zero attached hydrogens (tertiary/aromatic N) is 1. The Balaban J connectivity index is 1.47. The highest BCUT2D eigenvalue weighted by Crippen LogP contribution is 2.49. The van der Waals surface area contributed by atoms with Crippen LogP contribution >= 0.6 is 11.6 Å². The average molecular weight is 456 g/mol. The van der Waals surface area contributed by atoms with Crippen molar-refractivity contribution < 1.29 is 18.9 Å². The van der Waals surface area contributed by atoms with Crippen molar-refractivity contribution in [2.45, 2.75) is 45.1 Å². The predicted octanol–water partition coefficient (Wildman–Crippen LogP) is 6.03. The Morgan fingerprint density at radius 3 is 2.72 bits per heavy atom. The summed E-state index contributed by atoms with van der Waals surface area (Å²) in [4.78, 5) is 2.47. The lowest BCUT2D eigenvalue weighted by molar-refractivity contribution is 0.174. The van der Waals surface area contributed by atoms with Gasteiger partial charge in [-0.15, -0.1) is 11.6 Å². The van der Waals surface area contributed by atoms with Gasteiger partial charge < -0.3 is 23.8 Å². The van der Waals surface area contributed by atoms with Crippen LogP contribution in [0, 0.1) is 0 Å². The molecule has 170 valence electrons. The third kappa shape index (κ3) is 3.77. The third-order valence-electron chi connectivity index (χ3n) is 6.67. The van der Waals surface area contributed by atoms with Crippen LogP contribution in [0.5, 0.6) is 23.0 Å². The highest BCUT2D eigenvalue weighted by atomic mass is 35.5. The summed E-state index contributed by atoms with van der Waals surface area (Å²) in [6.07, 6.45) is 7.61. The molecule has 0 aromatic heterocycles. The van der Waals surface area contributed by atoms with Gasteiger partial charge in [-0.05, 0) is 61.6 Å². The minimum absolute atomic E-state index is 0.185. The van der Waals surface area contributed by atoms with Gasteiger partial charge in [0.2, 0.25) is 6.79 Å². The van der Waals surface area contributed by atoms with Gasteiger partial charge in [0.25, 0.3) is 0 Å². The summed E-state index contributed by atoms with van der Waals surface area (Å²) in [5, 5.41) is 0. The fraction of sp³-hybridized carbons (Fsp3) is 0.462. The summed E-state index contributed by atoms with van der Waals surface area (Å²) < 4.78 is 23.3. The Morgan fingerprint density at radius 2 is 1.91 bits per heavy atom. The number of methoxy groups -OCH3 is 1. The van der Waals surface area contributed by atoms with Gasteiger partial charge in [0.1, 0.15) is 0 Å². The lowest BCUT2D eigenvalue weighted by atomic mass is 9.86. The molecule has 0 unspecified atom stereocenters. The average Bonchev–Trinajstić information content (AvgIpc) is 3.27. The number of alkyl halides is 1. The largest absolute Gasteiger partial charge is 0.493 e. The Labute approximate surface area is 194 Å². The SMILES string of the molecule is COc1ccc2c(c1OCCCCCCCl)[C@H](C)N1CCc3cc4c(cc3C1=C2)OCO4. The molecule has 32 heavy (non-hydrogen) atoms. The van der Waals surface area contributed by atoms with Gasteiger partial charge in [0.15, 0.2) is 23.0 Å². The number of rotatable bonds is 8. The quantitative estimate of drug-likeness (QED) is 0.359. The minimum atomic E-state index is 0.185. The van der Waals surface area contributed by atoms with Gasteiger partial charge >= 0.3 is 0 Å². The number of fused-ring (bicyclic) bond motifs is 5. The molecular weight excluding hydrogens is 426 g/mol. The number of halogens is 1. The summed E-state index contributed by atoms with van der Waals surface area (Å²) in [5.74, 6) is 4.09. The Bertz CT molecular complexity index is 1030. The molecule has 0 bridgehead atoms. The normalized spacial score (nSPS) is 17.9. The molecule has 5 rings (SSSR count). The molecule has 6 heteroatoms. The minimum Gasteiger partial charge on any atom is -0.493 e. The van der Waals surface area contributed by atoms with Crippen molar-refractivity contribution in [3.8, 4) is 23.0 Å². The smallest absolute Gasteiger partial charge is 0.231 e. The molecule has 2 aromatic rings. The molecule has 5 nitrogen and oxygen atoms in total. The zero-order valence-corrected chi connectivity index (χ0v) is 19.5. The monoisotopic (exact) mass is 455 g/mol. The van der Waals surface area contributed by atoms with Crippen LogP contribution in [0.25, 0.3) is 11.8 Å². The van der Waals surface area contributed by atoms with Crippen molar-refractivity contribution in [1.29, 1.82) is 0 Å². The second-order valence-electron chi connectivity index (χ2n) is 8.56. The van der Waals surface area contributed by atoms with Crippen LogP contribution in [0.3, 0.4) is 0 Å². The molecule has 0 aliphatic carbocycles. The lowest BCUT2D eigenvalue weighted by Crippen LogP contribution is -2.34. The molecular formula is C26H30ClNO4. The van der Waals surface area contributed by atoms with Crippen molar-refractivity contribution in [3.05, 3.63) is 46.5 Å². The van der Waals surface area contributed by atoms with Gasteiger partial charge in [0.05, 0.1) is 19.8 Å². The number of hydrogen-bond acceptors (Lipinski definition) is 5. The molecule has 0 N–H and O–H groups in total. The van der Waals surface area contributed by atoms with Gasteiger partial charge in [-0.25, -0.2) is 0 Å². The summed E-state index contributed by atoms with van der Waals surface area (Å²) in [6, 6.07) is 8.62. The topological polar surface area (TPSA) is 40.2 Å². The van der Waals surface area contributed by atoms with E-state index in [-0.39, 0.29) is 6.04 Å². The first-order chi connectivity index (χ1) is 15.7. The van der Waals surface area contributed by atoms with Crippen molar-refractivity contribution in [3.63, 3.8) is 0 Å². The maximum atomic E-state index is 6.34. The second kappa shape index (κ2) is 9.14. The van der Waals surface area contributed by atoms with Gasteiger partial charge in [-0.3, -0.25) is 0 Å². The van der Waals surface area contributed by atoms with Crippen LogP contribution < -0.4 is 18.9 Å². The molecule has 0 amide bonds. The van der Waals surface area contributed by atoms with E-state index in [1.165, 1.54) is 28.0 Å². The first-order valence-corrected chi connectivity index (χ1v) is 12.1. The molecule has 3 aliphatic rings. The third-order valence-corrected chi connectivity index (χ3v) is 6.94. The highest BCUT2D eigenvalue weighted by Gasteiger charge is 2.34. The van der Waals surface area contributed by atoms with Crippen LogP contribution in [0.1, 0.15) is 60.9 Å². The molecule has 0 radical (unpaired) electrons. The van der Waals surface area contributed by atoms with Gasteiger partial charge in [0, 0.05) is 29.2 Å². The van der Waals surface area contributed by atoms with Crippen molar-refractivity contribution in [1.82, 2.24) is 4.90 Å². The first-order valence-electron chi connectivity index (χ1n) is 11.5. The standard InChI is InChI=1S/C26H30ClNO4/c1-17-25-19(7-8-22(29-2)26(25)30-12-6-4-3-5-10-27)13-21-20-15-24-23(31-16-32-24)14-18(20)9-11-28(17)21/h7-8,13-15,17H,3-6,9-12,16H2,1-2H3/t17-/m0/s1. The van der Waals surface area contributed by atoms with E-state index in [0.29, 0.717) is 13.4 Å². The van der Waals surface area contributed by atoms with Crippen LogP contribution in [-0.2, 0) is 6.42 Å². The number of ether oxygens (including phenoxy) is 4. The maximum Gasteiger partial charge on any atom is 0.231 e. The zero-order valence-electron chi connectivity index (χ0n) is 18.8. The fourth-order valence-corrected chi connectivity index (χ4v) is 5.19.